The maximum atomic E-state index is 12.8. The Labute approximate surface area is 214 Å². The van der Waals surface area contributed by atoms with Crippen molar-refractivity contribution in [1.29, 1.82) is 0 Å². The Kier molecular flexibility index (Phi) is 7.90. The van der Waals surface area contributed by atoms with Crippen LogP contribution in [0.15, 0.2) is 42.7 Å². The highest BCUT2D eigenvalue weighted by Crippen LogP contribution is 2.44. The molecule has 2 aliphatic rings. The smallest absolute Gasteiger partial charge is 0.291 e. The highest BCUT2D eigenvalue weighted by Gasteiger charge is 2.45. The Balaban J connectivity index is 1.44. The summed E-state index contributed by atoms with van der Waals surface area (Å²) in [4.78, 5) is 41.6. The van der Waals surface area contributed by atoms with Crippen LogP contribution in [0.5, 0.6) is 0 Å². The number of benzene rings is 1. The van der Waals surface area contributed by atoms with E-state index in [1.54, 1.807) is 12.4 Å². The van der Waals surface area contributed by atoms with Crippen LogP contribution in [-0.4, -0.2) is 103 Å². The van der Waals surface area contributed by atoms with Crippen LogP contribution < -0.4 is 10.2 Å². The maximum Gasteiger partial charge on any atom is 0.291 e. The molecule has 36 heavy (non-hydrogen) atoms. The molecule has 0 unspecified atom stereocenters. The Morgan fingerprint density at radius 2 is 1.61 bits per heavy atom. The zero-order valence-corrected chi connectivity index (χ0v) is 22.0. The molecule has 1 saturated carbocycles. The number of nitrogens with one attached hydrogen (secondary N) is 1. The molecular weight excluding hydrogens is 454 g/mol. The van der Waals surface area contributed by atoms with Gasteiger partial charge in [0.05, 0.1) is 23.6 Å². The van der Waals surface area contributed by atoms with E-state index in [1.165, 1.54) is 5.56 Å². The minimum absolute atomic E-state index is 0.0533. The largest absolute Gasteiger partial charge is 0.370 e. The monoisotopic (exact) mass is 493 g/mol. The van der Waals surface area contributed by atoms with Crippen molar-refractivity contribution >= 4 is 18.0 Å². The number of carbonyl (C=O) groups is 2. The second kappa shape index (κ2) is 10.9. The van der Waals surface area contributed by atoms with Crippen molar-refractivity contribution in [3.8, 4) is 0 Å². The molecule has 1 N–H and O–H groups in total. The molecule has 2 heterocycles. The minimum atomic E-state index is -0.348. The number of hydrogen-bond acceptors (Lipinski definition) is 7. The van der Waals surface area contributed by atoms with Crippen LogP contribution in [-0.2, 0) is 10.3 Å². The predicted octanol–water partition coefficient (Wildman–Crippen LogP) is 1.82. The van der Waals surface area contributed by atoms with Crippen LogP contribution in [0.1, 0.15) is 41.9 Å². The molecule has 2 aromatic rings. The number of nitrogens with zero attached hydrogens (tertiary/aromatic N) is 6. The minimum Gasteiger partial charge on any atom is -0.370 e. The number of carbonyl (C=O) groups excluding carboxylic acids is 2. The summed E-state index contributed by atoms with van der Waals surface area (Å²) in [6.45, 7) is 3.74. The van der Waals surface area contributed by atoms with Crippen molar-refractivity contribution in [3.63, 3.8) is 0 Å². The average Bonchev–Trinajstić information content (AvgIpc) is 2.90. The summed E-state index contributed by atoms with van der Waals surface area (Å²) in [7, 11) is 8.33. The van der Waals surface area contributed by atoms with Crippen molar-refractivity contribution in [2.45, 2.75) is 36.8 Å². The van der Waals surface area contributed by atoms with Gasteiger partial charge in [0.25, 0.3) is 5.91 Å². The molecular formula is C27H39N7O2. The van der Waals surface area contributed by atoms with Crippen molar-refractivity contribution in [3.05, 3.63) is 54.1 Å². The van der Waals surface area contributed by atoms with Crippen LogP contribution in [0.4, 0.5) is 5.69 Å². The van der Waals surface area contributed by atoms with E-state index in [0.717, 1.165) is 50.9 Å². The summed E-state index contributed by atoms with van der Waals surface area (Å²) in [5.41, 5.74) is 1.74. The topological polar surface area (TPSA) is 84.9 Å². The molecule has 1 aromatic heterocycles. The van der Waals surface area contributed by atoms with Gasteiger partial charge in [0.2, 0.25) is 12.2 Å². The summed E-state index contributed by atoms with van der Waals surface area (Å²) >= 11 is 0. The highest BCUT2D eigenvalue weighted by atomic mass is 16.2. The molecule has 9 heteroatoms. The third-order valence-electron chi connectivity index (χ3n) is 8.17. The van der Waals surface area contributed by atoms with E-state index in [4.69, 9.17) is 0 Å². The molecule has 0 radical (unpaired) electrons. The fourth-order valence-electron chi connectivity index (χ4n) is 5.68. The molecule has 2 fully saturated rings. The Bertz CT molecular complexity index is 1010. The number of anilines is 1. The first-order valence-electron chi connectivity index (χ1n) is 12.7. The molecule has 4 rings (SSSR count). The van der Waals surface area contributed by atoms with E-state index >= 15 is 0 Å². The molecule has 2 amide bonds. The van der Waals surface area contributed by atoms with Gasteiger partial charge in [-0.15, -0.1) is 0 Å². The number of amides is 2. The molecule has 1 aliphatic carbocycles. The van der Waals surface area contributed by atoms with E-state index in [-0.39, 0.29) is 22.8 Å². The molecule has 1 saturated heterocycles. The summed E-state index contributed by atoms with van der Waals surface area (Å²) in [5, 5.41) is 3.16. The van der Waals surface area contributed by atoms with Gasteiger partial charge in [0.15, 0.2) is 0 Å². The van der Waals surface area contributed by atoms with Gasteiger partial charge in [-0.2, -0.15) is 0 Å². The van der Waals surface area contributed by atoms with Gasteiger partial charge in [-0.1, -0.05) is 30.3 Å². The van der Waals surface area contributed by atoms with Crippen LogP contribution in [0, 0.1) is 0 Å². The second-order valence-electron chi connectivity index (χ2n) is 10.6. The third-order valence-corrected chi connectivity index (χ3v) is 8.17. The van der Waals surface area contributed by atoms with Crippen molar-refractivity contribution < 1.29 is 9.59 Å². The lowest BCUT2D eigenvalue weighted by Crippen LogP contribution is -2.58. The zero-order chi connectivity index (χ0) is 25.8. The number of hydrogen-bond donors (Lipinski definition) is 1. The Morgan fingerprint density at radius 1 is 1.00 bits per heavy atom. The first-order chi connectivity index (χ1) is 17.3. The quantitative estimate of drug-likeness (QED) is 0.562. The third kappa shape index (κ3) is 5.37. The van der Waals surface area contributed by atoms with Gasteiger partial charge >= 0.3 is 0 Å². The summed E-state index contributed by atoms with van der Waals surface area (Å²) in [6, 6.07) is 10.6. The second-order valence-corrected chi connectivity index (χ2v) is 10.6. The summed E-state index contributed by atoms with van der Waals surface area (Å²) in [5.74, 6) is 0.110. The standard InChI is InChI=1S/C27H39N7O2/c1-31(2)27(22-8-6-5-7-9-22)12-10-26(11-13-27,30-21-35)20-33(4)23-18-28-24(29-19-23)25(36)34-16-14-32(3)15-17-34/h5-9,18-19,21H,10-17,20H2,1-4H3,(H,30,35). The number of rotatable bonds is 8. The van der Waals surface area contributed by atoms with Gasteiger partial charge in [-0.05, 0) is 52.4 Å². The zero-order valence-electron chi connectivity index (χ0n) is 22.0. The lowest BCUT2D eigenvalue weighted by Gasteiger charge is -2.50. The highest BCUT2D eigenvalue weighted by molar-refractivity contribution is 5.90. The molecule has 0 spiro atoms. The van der Waals surface area contributed by atoms with E-state index in [2.05, 4.69) is 81.5 Å². The van der Waals surface area contributed by atoms with Gasteiger partial charge in [-0.25, -0.2) is 9.97 Å². The number of likely N-dealkylation sites (N-methyl/N-ethyl adjacent to an activating group) is 2. The van der Waals surface area contributed by atoms with Crippen molar-refractivity contribution in [2.24, 2.45) is 0 Å². The first kappa shape index (κ1) is 26.0. The lowest BCUT2D eigenvalue weighted by atomic mass is 9.68. The fraction of sp³-hybridized carbons (Fsp3) is 0.556. The van der Waals surface area contributed by atoms with Gasteiger partial charge < -0.3 is 20.0 Å². The van der Waals surface area contributed by atoms with E-state index < -0.39 is 0 Å². The van der Waals surface area contributed by atoms with Gasteiger partial charge in [0.1, 0.15) is 0 Å². The number of aromatic nitrogens is 2. The van der Waals surface area contributed by atoms with Gasteiger partial charge in [-0.3, -0.25) is 14.5 Å². The normalized spacial score (nSPS) is 25.0. The molecule has 1 aromatic carbocycles. The van der Waals surface area contributed by atoms with Crippen LogP contribution in [0.3, 0.4) is 0 Å². The van der Waals surface area contributed by atoms with Crippen molar-refractivity contribution in [2.75, 3.05) is 65.8 Å². The van der Waals surface area contributed by atoms with E-state index in [9.17, 15) is 9.59 Å². The van der Waals surface area contributed by atoms with Gasteiger partial charge in [0, 0.05) is 45.3 Å². The fourth-order valence-corrected chi connectivity index (χ4v) is 5.68. The average molecular weight is 494 g/mol. The van der Waals surface area contributed by atoms with Crippen molar-refractivity contribution in [1.82, 2.24) is 30.0 Å². The number of piperazine rings is 1. The molecule has 194 valence electrons. The molecule has 0 atom stereocenters. The first-order valence-corrected chi connectivity index (χ1v) is 12.7. The van der Waals surface area contributed by atoms with E-state index in [0.29, 0.717) is 19.6 Å². The molecule has 1 aliphatic heterocycles. The molecule has 0 bridgehead atoms. The van der Waals surface area contributed by atoms with Crippen LogP contribution in [0.2, 0.25) is 0 Å². The lowest BCUT2D eigenvalue weighted by molar-refractivity contribution is -0.112. The van der Waals surface area contributed by atoms with E-state index in [1.807, 2.05) is 11.9 Å². The summed E-state index contributed by atoms with van der Waals surface area (Å²) < 4.78 is 0. The SMILES string of the molecule is CN1CCN(C(=O)c2ncc(N(C)CC3(NC=O)CCC(c4ccccc4)(N(C)C)CC3)cn2)CC1. The molecule has 9 nitrogen and oxygen atoms in total. The van der Waals surface area contributed by atoms with Crippen LogP contribution >= 0.6 is 0 Å². The predicted molar refractivity (Wildman–Crippen MR) is 141 cm³/mol. The Hall–Kier alpha value is -3.04. The van der Waals surface area contributed by atoms with Crippen LogP contribution in [0.25, 0.3) is 0 Å². The summed E-state index contributed by atoms with van der Waals surface area (Å²) in [6.07, 6.45) is 7.83. The Morgan fingerprint density at radius 3 is 2.17 bits per heavy atom. The maximum absolute atomic E-state index is 12.8.